The van der Waals surface area contributed by atoms with Crippen LogP contribution in [0.15, 0.2) is 62.3 Å². The van der Waals surface area contributed by atoms with Crippen LogP contribution in [0.3, 0.4) is 0 Å². The highest BCUT2D eigenvalue weighted by Crippen LogP contribution is 2.27. The minimum Gasteiger partial charge on any atom is -0.419 e. The SMILES string of the molecule is Cc1ccc(S(=O)(=O)N2CCN(Cc3nnc(-c4ccccc4Br)o3)CC2)cc1. The van der Waals surface area contributed by atoms with E-state index in [9.17, 15) is 8.42 Å². The molecule has 0 bridgehead atoms. The largest absolute Gasteiger partial charge is 0.419 e. The third-order valence-corrected chi connectivity index (χ3v) is 7.52. The summed E-state index contributed by atoms with van der Waals surface area (Å²) in [5, 5.41) is 8.27. The summed E-state index contributed by atoms with van der Waals surface area (Å²) in [6.45, 7) is 4.52. The molecule has 29 heavy (non-hydrogen) atoms. The number of hydrogen-bond acceptors (Lipinski definition) is 6. The first-order chi connectivity index (χ1) is 13.9. The average Bonchev–Trinajstić information content (AvgIpc) is 3.17. The standard InChI is InChI=1S/C20H21BrN4O3S/c1-15-6-8-16(9-7-15)29(26,27)25-12-10-24(11-13-25)14-19-22-23-20(28-19)17-4-2-3-5-18(17)21/h2-9H,10-14H2,1H3. The van der Waals surface area contributed by atoms with E-state index < -0.39 is 10.0 Å². The molecule has 152 valence electrons. The third-order valence-electron chi connectivity index (χ3n) is 4.92. The van der Waals surface area contributed by atoms with Gasteiger partial charge in [0.1, 0.15) is 0 Å². The number of hydrogen-bond donors (Lipinski definition) is 0. The molecule has 4 rings (SSSR count). The Kier molecular flexibility index (Phi) is 5.82. The van der Waals surface area contributed by atoms with Gasteiger partial charge >= 0.3 is 0 Å². The van der Waals surface area contributed by atoms with Crippen LogP contribution in [0.2, 0.25) is 0 Å². The Hall–Kier alpha value is -2.07. The van der Waals surface area contributed by atoms with Gasteiger partial charge in [-0.25, -0.2) is 8.42 Å². The maximum Gasteiger partial charge on any atom is 0.248 e. The maximum atomic E-state index is 12.8. The fraction of sp³-hybridized carbons (Fsp3) is 0.300. The van der Waals surface area contributed by atoms with Crippen LogP contribution < -0.4 is 0 Å². The molecular weight excluding hydrogens is 456 g/mol. The lowest BCUT2D eigenvalue weighted by Gasteiger charge is -2.33. The number of halogens is 1. The molecule has 1 saturated heterocycles. The van der Waals surface area contributed by atoms with Crippen LogP contribution in [0.25, 0.3) is 11.5 Å². The van der Waals surface area contributed by atoms with Gasteiger partial charge in [-0.1, -0.05) is 29.8 Å². The van der Waals surface area contributed by atoms with Crippen LogP contribution in [0.1, 0.15) is 11.5 Å². The van der Waals surface area contributed by atoms with E-state index in [4.69, 9.17) is 4.42 Å². The van der Waals surface area contributed by atoms with Crippen LogP contribution in [-0.4, -0.2) is 54.0 Å². The van der Waals surface area contributed by atoms with Gasteiger partial charge in [0, 0.05) is 30.7 Å². The Morgan fingerprint density at radius 1 is 1.00 bits per heavy atom. The first-order valence-corrected chi connectivity index (χ1v) is 11.5. The quantitative estimate of drug-likeness (QED) is 0.561. The van der Waals surface area contributed by atoms with Gasteiger partial charge < -0.3 is 4.42 Å². The van der Waals surface area contributed by atoms with Gasteiger partial charge in [0.05, 0.1) is 17.0 Å². The van der Waals surface area contributed by atoms with Gasteiger partial charge in [-0.05, 0) is 47.1 Å². The molecule has 7 nitrogen and oxygen atoms in total. The first kappa shape index (κ1) is 20.2. The molecule has 0 aliphatic carbocycles. The van der Waals surface area contributed by atoms with Crippen molar-refractivity contribution < 1.29 is 12.8 Å². The molecule has 9 heteroatoms. The number of aromatic nitrogens is 2. The zero-order valence-electron chi connectivity index (χ0n) is 16.0. The van der Waals surface area contributed by atoms with Gasteiger partial charge in [-0.15, -0.1) is 10.2 Å². The van der Waals surface area contributed by atoms with Crippen molar-refractivity contribution in [2.75, 3.05) is 26.2 Å². The summed E-state index contributed by atoms with van der Waals surface area (Å²) in [4.78, 5) is 2.46. The van der Waals surface area contributed by atoms with Gasteiger partial charge in [-0.2, -0.15) is 4.31 Å². The molecule has 1 fully saturated rings. The first-order valence-electron chi connectivity index (χ1n) is 9.30. The third kappa shape index (κ3) is 4.42. The molecule has 1 aliphatic rings. The van der Waals surface area contributed by atoms with Crippen LogP contribution in [0.5, 0.6) is 0 Å². The highest BCUT2D eigenvalue weighted by molar-refractivity contribution is 9.10. The van der Waals surface area contributed by atoms with E-state index in [1.165, 1.54) is 4.31 Å². The Morgan fingerprint density at radius 2 is 1.69 bits per heavy atom. The van der Waals surface area contributed by atoms with E-state index in [1.807, 2.05) is 43.3 Å². The van der Waals surface area contributed by atoms with Gasteiger partial charge in [0.25, 0.3) is 0 Å². The number of sulfonamides is 1. The predicted molar refractivity (Wildman–Crippen MR) is 113 cm³/mol. The lowest BCUT2D eigenvalue weighted by Crippen LogP contribution is -2.48. The molecule has 1 aliphatic heterocycles. The summed E-state index contributed by atoms with van der Waals surface area (Å²) < 4.78 is 33.9. The molecule has 1 aromatic heterocycles. The van der Waals surface area contributed by atoms with Crippen molar-refractivity contribution in [3.05, 3.63) is 64.5 Å². The average molecular weight is 477 g/mol. The van der Waals surface area contributed by atoms with E-state index in [1.54, 1.807) is 12.1 Å². The lowest BCUT2D eigenvalue weighted by molar-refractivity contribution is 0.168. The van der Waals surface area contributed by atoms with Crippen molar-refractivity contribution in [2.24, 2.45) is 0 Å². The number of aryl methyl sites for hydroxylation is 1. The van der Waals surface area contributed by atoms with Gasteiger partial charge in [0.2, 0.25) is 21.8 Å². The molecule has 0 N–H and O–H groups in total. The summed E-state index contributed by atoms with van der Waals surface area (Å²) in [6.07, 6.45) is 0. The Labute approximate surface area is 178 Å². The van der Waals surface area contributed by atoms with Crippen LogP contribution in [0, 0.1) is 6.92 Å². The Bertz CT molecular complexity index is 1090. The molecular formula is C20H21BrN4O3S. The second-order valence-corrected chi connectivity index (χ2v) is 9.77. The Balaban J connectivity index is 1.38. The van der Waals surface area contributed by atoms with Crippen molar-refractivity contribution in [1.82, 2.24) is 19.4 Å². The highest BCUT2D eigenvalue weighted by atomic mass is 79.9. The topological polar surface area (TPSA) is 79.5 Å². The minimum atomic E-state index is -3.46. The van der Waals surface area contributed by atoms with E-state index in [0.717, 1.165) is 15.6 Å². The summed E-state index contributed by atoms with van der Waals surface area (Å²) >= 11 is 3.49. The molecule has 2 aromatic carbocycles. The molecule has 0 saturated carbocycles. The molecule has 0 amide bonds. The van der Waals surface area contributed by atoms with Crippen LogP contribution >= 0.6 is 15.9 Å². The molecule has 0 unspecified atom stereocenters. The summed E-state index contributed by atoms with van der Waals surface area (Å²) in [5.74, 6) is 0.985. The number of rotatable bonds is 5. The smallest absolute Gasteiger partial charge is 0.248 e. The molecule has 3 aromatic rings. The second-order valence-electron chi connectivity index (χ2n) is 6.97. The van der Waals surface area contributed by atoms with E-state index in [-0.39, 0.29) is 0 Å². The Morgan fingerprint density at radius 3 is 2.38 bits per heavy atom. The van der Waals surface area contributed by atoms with Crippen molar-refractivity contribution >= 4 is 26.0 Å². The zero-order valence-corrected chi connectivity index (χ0v) is 18.4. The van der Waals surface area contributed by atoms with Crippen LogP contribution in [-0.2, 0) is 16.6 Å². The molecule has 0 radical (unpaired) electrons. The van der Waals surface area contributed by atoms with Crippen LogP contribution in [0.4, 0.5) is 0 Å². The maximum absolute atomic E-state index is 12.8. The lowest BCUT2D eigenvalue weighted by atomic mass is 10.2. The normalized spacial score (nSPS) is 16.2. The monoisotopic (exact) mass is 476 g/mol. The zero-order chi connectivity index (χ0) is 20.4. The highest BCUT2D eigenvalue weighted by Gasteiger charge is 2.29. The molecule has 0 atom stereocenters. The predicted octanol–water partition coefficient (Wildman–Crippen LogP) is 3.31. The van der Waals surface area contributed by atoms with Gasteiger partial charge in [-0.3, -0.25) is 4.90 Å². The van der Waals surface area contributed by atoms with E-state index >= 15 is 0 Å². The fourth-order valence-corrected chi connectivity index (χ4v) is 5.12. The summed E-state index contributed by atoms with van der Waals surface area (Å²) in [6, 6.07) is 14.6. The van der Waals surface area contributed by atoms with Crippen molar-refractivity contribution in [1.29, 1.82) is 0 Å². The molecule has 2 heterocycles. The van der Waals surface area contributed by atoms with Crippen molar-refractivity contribution in [2.45, 2.75) is 18.4 Å². The second kappa shape index (κ2) is 8.35. The van der Waals surface area contributed by atoms with Crippen molar-refractivity contribution in [3.63, 3.8) is 0 Å². The van der Waals surface area contributed by atoms with Gasteiger partial charge in [0.15, 0.2) is 0 Å². The van der Waals surface area contributed by atoms with E-state index in [2.05, 4.69) is 31.0 Å². The number of nitrogens with zero attached hydrogens (tertiary/aromatic N) is 4. The fourth-order valence-electron chi connectivity index (χ4n) is 3.24. The summed E-state index contributed by atoms with van der Waals surface area (Å²) in [5.41, 5.74) is 1.88. The van der Waals surface area contributed by atoms with Crippen molar-refractivity contribution in [3.8, 4) is 11.5 Å². The van der Waals surface area contributed by atoms with E-state index in [0.29, 0.717) is 49.4 Å². The summed E-state index contributed by atoms with van der Waals surface area (Å²) in [7, 11) is -3.46. The number of benzene rings is 2. The molecule has 0 spiro atoms. The minimum absolute atomic E-state index is 0.339. The number of piperazine rings is 1.